The first kappa shape index (κ1) is 16.8. The first-order valence-electron chi connectivity index (χ1n) is 6.73. The number of hydrazone groups is 1. The van der Waals surface area contributed by atoms with E-state index in [1.165, 1.54) is 24.4 Å². The molecule has 0 saturated heterocycles. The molecule has 0 aliphatic heterocycles. The lowest BCUT2D eigenvalue weighted by molar-refractivity contribution is -0.127. The number of hydrogen-bond acceptors (Lipinski definition) is 5. The summed E-state index contributed by atoms with van der Waals surface area (Å²) in [5.74, 6) is -0.0548. The van der Waals surface area contributed by atoms with Crippen molar-refractivity contribution in [3.63, 3.8) is 0 Å². The number of rotatable bonds is 5. The summed E-state index contributed by atoms with van der Waals surface area (Å²) >= 11 is 3.32. The molecule has 0 aliphatic carbocycles. The van der Waals surface area contributed by atoms with Crippen molar-refractivity contribution in [3.05, 3.63) is 52.5 Å². The van der Waals surface area contributed by atoms with E-state index in [-0.39, 0.29) is 11.5 Å². The Morgan fingerprint density at radius 2 is 1.96 bits per heavy atom. The van der Waals surface area contributed by atoms with Crippen LogP contribution in [0.1, 0.15) is 12.5 Å². The summed E-state index contributed by atoms with van der Waals surface area (Å²) in [6.45, 7) is 1.60. The van der Waals surface area contributed by atoms with Crippen molar-refractivity contribution >= 4 is 28.1 Å². The molecule has 0 unspecified atom stereocenters. The monoisotopic (exact) mass is 378 g/mol. The van der Waals surface area contributed by atoms with Gasteiger partial charge in [0.15, 0.2) is 6.10 Å². The van der Waals surface area contributed by atoms with Gasteiger partial charge in [-0.25, -0.2) is 5.43 Å². The molecule has 0 spiro atoms. The summed E-state index contributed by atoms with van der Waals surface area (Å²) in [5.41, 5.74) is 2.69. The Labute approximate surface area is 141 Å². The first-order valence-corrected chi connectivity index (χ1v) is 7.52. The number of aromatic hydroxyl groups is 2. The highest BCUT2D eigenvalue weighted by Crippen LogP contribution is 2.20. The molecular formula is C16H15BrN2O4. The van der Waals surface area contributed by atoms with Crippen molar-refractivity contribution in [2.24, 2.45) is 5.10 Å². The lowest BCUT2D eigenvalue weighted by Gasteiger charge is -2.12. The summed E-state index contributed by atoms with van der Waals surface area (Å²) in [7, 11) is 0. The van der Waals surface area contributed by atoms with Gasteiger partial charge in [0.2, 0.25) is 0 Å². The molecule has 120 valence electrons. The number of carbonyl (C=O) groups excluding carboxylic acids is 1. The van der Waals surface area contributed by atoms with Crippen LogP contribution in [0.5, 0.6) is 17.2 Å². The predicted octanol–water partition coefficient (Wildman–Crippen LogP) is 2.78. The maximum absolute atomic E-state index is 11.9. The zero-order valence-corrected chi connectivity index (χ0v) is 13.8. The maximum atomic E-state index is 11.9. The van der Waals surface area contributed by atoms with Crippen molar-refractivity contribution in [3.8, 4) is 17.2 Å². The molecule has 0 aromatic heterocycles. The number of nitrogens with zero attached hydrogens (tertiary/aromatic N) is 1. The summed E-state index contributed by atoms with van der Waals surface area (Å²) in [4.78, 5) is 11.9. The lowest BCUT2D eigenvalue weighted by atomic mass is 10.2. The van der Waals surface area contributed by atoms with E-state index in [0.717, 1.165) is 4.47 Å². The third kappa shape index (κ3) is 5.00. The number of phenolic OH excluding ortho intramolecular Hbond substituents is 2. The number of benzene rings is 2. The van der Waals surface area contributed by atoms with E-state index in [4.69, 9.17) is 4.74 Å². The van der Waals surface area contributed by atoms with Crippen molar-refractivity contribution in [2.75, 3.05) is 0 Å². The van der Waals surface area contributed by atoms with Crippen LogP contribution >= 0.6 is 15.9 Å². The SMILES string of the molecule is C[C@@H](Oc1ccc(Br)cc1)C(=O)N/N=C\c1ccc(O)cc1O. The fraction of sp³-hybridized carbons (Fsp3) is 0.125. The number of hydrogen-bond donors (Lipinski definition) is 3. The summed E-state index contributed by atoms with van der Waals surface area (Å²) in [6, 6.07) is 11.2. The molecule has 2 rings (SSSR count). The average molecular weight is 379 g/mol. The molecule has 0 saturated carbocycles. The normalized spacial score (nSPS) is 12.1. The first-order chi connectivity index (χ1) is 11.0. The quantitative estimate of drug-likeness (QED) is 0.550. The minimum Gasteiger partial charge on any atom is -0.508 e. The highest BCUT2D eigenvalue weighted by Gasteiger charge is 2.13. The van der Waals surface area contributed by atoms with E-state index >= 15 is 0 Å². The molecule has 1 amide bonds. The number of halogens is 1. The summed E-state index contributed by atoms with van der Waals surface area (Å²) in [5, 5.41) is 22.5. The van der Waals surface area contributed by atoms with Gasteiger partial charge in [-0.3, -0.25) is 4.79 Å². The van der Waals surface area contributed by atoms with Crippen LogP contribution in [0.4, 0.5) is 0 Å². The Balaban J connectivity index is 1.90. The number of phenols is 2. The molecule has 23 heavy (non-hydrogen) atoms. The van der Waals surface area contributed by atoms with E-state index in [1.807, 2.05) is 12.1 Å². The number of amides is 1. The molecule has 0 fully saturated rings. The molecule has 1 atom stereocenters. The lowest BCUT2D eigenvalue weighted by Crippen LogP contribution is -2.33. The van der Waals surface area contributed by atoms with Gasteiger partial charge < -0.3 is 14.9 Å². The van der Waals surface area contributed by atoms with Crippen molar-refractivity contribution in [1.82, 2.24) is 5.43 Å². The molecular weight excluding hydrogens is 364 g/mol. The molecule has 6 nitrogen and oxygen atoms in total. The highest BCUT2D eigenvalue weighted by molar-refractivity contribution is 9.10. The zero-order chi connectivity index (χ0) is 16.8. The largest absolute Gasteiger partial charge is 0.508 e. The Bertz CT molecular complexity index is 717. The van der Waals surface area contributed by atoms with Crippen LogP contribution < -0.4 is 10.2 Å². The topological polar surface area (TPSA) is 91.2 Å². The number of ether oxygens (including phenoxy) is 1. The Hall–Kier alpha value is -2.54. The van der Waals surface area contributed by atoms with Crippen LogP contribution in [0.25, 0.3) is 0 Å². The van der Waals surface area contributed by atoms with Crippen molar-refractivity contribution in [2.45, 2.75) is 13.0 Å². The Kier molecular flexibility index (Phi) is 5.59. The second-order valence-electron chi connectivity index (χ2n) is 4.69. The second kappa shape index (κ2) is 7.64. The molecule has 7 heteroatoms. The van der Waals surface area contributed by atoms with Crippen molar-refractivity contribution in [1.29, 1.82) is 0 Å². The molecule has 0 aliphatic rings. The van der Waals surface area contributed by atoms with Gasteiger partial charge in [0.25, 0.3) is 5.91 Å². The molecule has 3 N–H and O–H groups in total. The Morgan fingerprint density at radius 3 is 2.61 bits per heavy atom. The standard InChI is InChI=1S/C16H15BrN2O4/c1-10(23-14-6-3-12(17)4-7-14)16(22)19-18-9-11-2-5-13(20)8-15(11)21/h2-10,20-21H,1H3,(H,19,22)/b18-9-/t10-/m1/s1. The van der Waals surface area contributed by atoms with Gasteiger partial charge in [-0.15, -0.1) is 0 Å². The van der Waals surface area contributed by atoms with Crippen LogP contribution in [-0.4, -0.2) is 28.4 Å². The van der Waals surface area contributed by atoms with Gasteiger partial charge in [0.1, 0.15) is 17.2 Å². The van der Waals surface area contributed by atoms with Gasteiger partial charge in [-0.05, 0) is 43.3 Å². The minimum atomic E-state index is -0.734. The molecule has 0 radical (unpaired) electrons. The molecule has 2 aromatic rings. The molecule has 2 aromatic carbocycles. The Morgan fingerprint density at radius 1 is 1.26 bits per heavy atom. The summed E-state index contributed by atoms with van der Waals surface area (Å²) in [6.07, 6.45) is 0.542. The van der Waals surface area contributed by atoms with Gasteiger partial charge in [-0.1, -0.05) is 15.9 Å². The average Bonchev–Trinajstić information content (AvgIpc) is 2.51. The van der Waals surface area contributed by atoms with E-state index in [1.54, 1.807) is 19.1 Å². The van der Waals surface area contributed by atoms with E-state index in [2.05, 4.69) is 26.5 Å². The third-order valence-electron chi connectivity index (χ3n) is 2.89. The van der Waals surface area contributed by atoms with Gasteiger partial charge >= 0.3 is 0 Å². The molecule has 0 bridgehead atoms. The number of carbonyl (C=O) groups is 1. The van der Waals surface area contributed by atoms with Crippen molar-refractivity contribution < 1.29 is 19.7 Å². The molecule has 0 heterocycles. The maximum Gasteiger partial charge on any atom is 0.280 e. The van der Waals surface area contributed by atoms with Gasteiger partial charge in [-0.2, -0.15) is 5.10 Å². The van der Waals surface area contributed by atoms with Gasteiger partial charge in [0.05, 0.1) is 6.21 Å². The van der Waals surface area contributed by atoms with E-state index < -0.39 is 12.0 Å². The fourth-order valence-corrected chi connectivity index (χ4v) is 1.93. The van der Waals surface area contributed by atoms with Crippen LogP contribution in [-0.2, 0) is 4.79 Å². The van der Waals surface area contributed by atoms with Crippen LogP contribution in [0, 0.1) is 0 Å². The third-order valence-corrected chi connectivity index (χ3v) is 3.42. The van der Waals surface area contributed by atoms with E-state index in [0.29, 0.717) is 11.3 Å². The van der Waals surface area contributed by atoms with Crippen LogP contribution in [0.15, 0.2) is 52.0 Å². The summed E-state index contributed by atoms with van der Waals surface area (Å²) < 4.78 is 6.40. The fourth-order valence-electron chi connectivity index (χ4n) is 1.67. The smallest absolute Gasteiger partial charge is 0.280 e. The van der Waals surface area contributed by atoms with Gasteiger partial charge in [0, 0.05) is 16.1 Å². The van der Waals surface area contributed by atoms with Crippen LogP contribution in [0.3, 0.4) is 0 Å². The van der Waals surface area contributed by atoms with E-state index in [9.17, 15) is 15.0 Å². The predicted molar refractivity (Wildman–Crippen MR) is 89.7 cm³/mol. The minimum absolute atomic E-state index is 0.0554. The highest BCUT2D eigenvalue weighted by atomic mass is 79.9. The van der Waals surface area contributed by atoms with Crippen LogP contribution in [0.2, 0.25) is 0 Å². The zero-order valence-electron chi connectivity index (χ0n) is 12.2. The second-order valence-corrected chi connectivity index (χ2v) is 5.61. The number of nitrogens with one attached hydrogen (secondary N) is 1.